The number of likely N-dealkylation sites (N-methyl/N-ethyl adjacent to an activating group) is 1. The van der Waals surface area contributed by atoms with Crippen molar-refractivity contribution in [3.05, 3.63) is 57.8 Å². The monoisotopic (exact) mass is 460 g/mol. The molecule has 0 spiro atoms. The molecule has 0 saturated carbocycles. The lowest BCUT2D eigenvalue weighted by Gasteiger charge is -2.47. The van der Waals surface area contributed by atoms with Gasteiger partial charge >= 0.3 is 6.03 Å². The minimum Gasteiger partial charge on any atom is -0.380 e. The Morgan fingerprint density at radius 3 is 2.58 bits per heavy atom. The van der Waals surface area contributed by atoms with Crippen LogP contribution in [-0.2, 0) is 20.9 Å². The second-order valence-electron chi connectivity index (χ2n) is 8.38. The van der Waals surface area contributed by atoms with Crippen molar-refractivity contribution in [2.24, 2.45) is 0 Å². The Bertz CT molecular complexity index is 1160. The molecule has 4 rings (SSSR count). The van der Waals surface area contributed by atoms with E-state index in [-0.39, 0.29) is 48.2 Å². The second kappa shape index (κ2) is 8.07. The number of nitrogens with one attached hydrogen (secondary N) is 1. The summed E-state index contributed by atoms with van der Waals surface area (Å²) < 4.78 is 27.1. The van der Waals surface area contributed by atoms with E-state index in [0.29, 0.717) is 6.07 Å². The predicted octanol–water partition coefficient (Wildman–Crippen LogP) is 0.651. The zero-order valence-corrected chi connectivity index (χ0v) is 18.2. The summed E-state index contributed by atoms with van der Waals surface area (Å²) in [7, 11) is 1.49. The fraction of sp³-hybridized carbons (Fsp3) is 0.364. The Balaban J connectivity index is 1.76. The molecule has 2 heterocycles. The average Bonchev–Trinajstić information content (AvgIpc) is 2.74. The molecule has 174 valence electrons. The zero-order valence-electron chi connectivity index (χ0n) is 18.2. The SMILES string of the molecule is CC(C)N1CN2C(=O)N(C)CC3=C(C(=O)NCc4ccc(F)cc4F)C(=O)C(O)C(=C32)C1=O. The van der Waals surface area contributed by atoms with Crippen LogP contribution in [0, 0.1) is 11.6 Å². The third-order valence-electron chi connectivity index (χ3n) is 5.92. The molecule has 3 aliphatic rings. The Kier molecular flexibility index (Phi) is 5.52. The molecule has 2 N–H and O–H groups in total. The third kappa shape index (κ3) is 3.58. The molecule has 11 heteroatoms. The van der Waals surface area contributed by atoms with Gasteiger partial charge in [-0.3, -0.25) is 19.3 Å². The summed E-state index contributed by atoms with van der Waals surface area (Å²) in [5, 5.41) is 13.1. The number of amides is 4. The number of aliphatic hydroxyl groups is 1. The molecule has 0 radical (unpaired) electrons. The summed E-state index contributed by atoms with van der Waals surface area (Å²) in [5.41, 5.74) is -0.449. The molecule has 1 aromatic rings. The van der Waals surface area contributed by atoms with E-state index in [9.17, 15) is 33.1 Å². The molecule has 9 nitrogen and oxygen atoms in total. The van der Waals surface area contributed by atoms with Gasteiger partial charge in [0.05, 0.1) is 23.4 Å². The number of hydrogen-bond acceptors (Lipinski definition) is 5. The van der Waals surface area contributed by atoms with Crippen LogP contribution in [0.15, 0.2) is 40.6 Å². The van der Waals surface area contributed by atoms with Gasteiger partial charge in [0.2, 0.25) is 5.78 Å². The van der Waals surface area contributed by atoms with E-state index < -0.39 is 46.9 Å². The molecule has 1 unspecified atom stereocenters. The number of carbonyl (C=O) groups excluding carboxylic acids is 4. The first kappa shape index (κ1) is 22.6. The molecule has 1 saturated heterocycles. The Labute approximate surface area is 187 Å². The quantitative estimate of drug-likeness (QED) is 0.642. The van der Waals surface area contributed by atoms with E-state index in [2.05, 4.69) is 5.32 Å². The van der Waals surface area contributed by atoms with Gasteiger partial charge in [-0.2, -0.15) is 0 Å². The van der Waals surface area contributed by atoms with Gasteiger partial charge in [0.15, 0.2) is 0 Å². The fourth-order valence-corrected chi connectivity index (χ4v) is 4.19. The maximum atomic E-state index is 13.9. The number of urea groups is 1. The van der Waals surface area contributed by atoms with Gasteiger partial charge in [0.1, 0.15) is 24.4 Å². The normalized spacial score (nSPS) is 20.8. The molecular formula is C22H22F2N4O5. The molecule has 2 aliphatic heterocycles. The summed E-state index contributed by atoms with van der Waals surface area (Å²) >= 11 is 0. The maximum absolute atomic E-state index is 13.9. The number of carbonyl (C=O) groups is 4. The minimum atomic E-state index is -1.93. The number of Topliss-reactive ketones (excluding diaryl/α,β-unsaturated/α-hetero) is 1. The molecule has 33 heavy (non-hydrogen) atoms. The van der Waals surface area contributed by atoms with Crippen LogP contribution in [0.3, 0.4) is 0 Å². The van der Waals surface area contributed by atoms with Gasteiger partial charge in [-0.25, -0.2) is 13.6 Å². The molecule has 1 fully saturated rings. The Morgan fingerprint density at radius 1 is 1.24 bits per heavy atom. The van der Waals surface area contributed by atoms with Crippen molar-refractivity contribution in [3.8, 4) is 0 Å². The number of ketones is 1. The summed E-state index contributed by atoms with van der Waals surface area (Å²) in [6, 6.07) is 2.11. The highest BCUT2D eigenvalue weighted by atomic mass is 19.1. The summed E-state index contributed by atoms with van der Waals surface area (Å²) in [6.07, 6.45) is -1.93. The summed E-state index contributed by atoms with van der Waals surface area (Å²) in [6.45, 7) is 2.91. The number of nitrogens with zero attached hydrogens (tertiary/aromatic N) is 3. The number of rotatable bonds is 4. The first-order valence-electron chi connectivity index (χ1n) is 10.3. The van der Waals surface area contributed by atoms with Crippen molar-refractivity contribution in [1.82, 2.24) is 20.0 Å². The van der Waals surface area contributed by atoms with Crippen LogP contribution in [0.4, 0.5) is 13.6 Å². The Morgan fingerprint density at radius 2 is 1.94 bits per heavy atom. The van der Waals surface area contributed by atoms with E-state index in [4.69, 9.17) is 0 Å². The van der Waals surface area contributed by atoms with Gasteiger partial charge in [-0.15, -0.1) is 0 Å². The highest BCUT2D eigenvalue weighted by Gasteiger charge is 2.50. The van der Waals surface area contributed by atoms with E-state index in [1.807, 2.05) is 0 Å². The molecule has 0 aromatic heterocycles. The maximum Gasteiger partial charge on any atom is 0.326 e. The Hall–Kier alpha value is -3.60. The smallest absolute Gasteiger partial charge is 0.326 e. The van der Waals surface area contributed by atoms with Crippen molar-refractivity contribution in [3.63, 3.8) is 0 Å². The van der Waals surface area contributed by atoms with Crippen molar-refractivity contribution >= 4 is 23.6 Å². The predicted molar refractivity (Wildman–Crippen MR) is 110 cm³/mol. The van der Waals surface area contributed by atoms with E-state index >= 15 is 0 Å². The molecule has 1 aromatic carbocycles. The average molecular weight is 460 g/mol. The lowest BCUT2D eigenvalue weighted by Crippen LogP contribution is -2.61. The van der Waals surface area contributed by atoms with Crippen molar-refractivity contribution < 1.29 is 33.1 Å². The van der Waals surface area contributed by atoms with Gasteiger partial charge in [-0.1, -0.05) is 6.07 Å². The largest absolute Gasteiger partial charge is 0.380 e. The number of hydrogen-bond donors (Lipinski definition) is 2. The topological polar surface area (TPSA) is 110 Å². The molecule has 1 aliphatic carbocycles. The number of benzene rings is 1. The van der Waals surface area contributed by atoms with Gasteiger partial charge in [0, 0.05) is 36.8 Å². The van der Waals surface area contributed by atoms with Crippen LogP contribution in [0.25, 0.3) is 0 Å². The van der Waals surface area contributed by atoms with Crippen molar-refractivity contribution in [2.75, 3.05) is 20.3 Å². The van der Waals surface area contributed by atoms with Crippen LogP contribution in [0.2, 0.25) is 0 Å². The van der Waals surface area contributed by atoms with Crippen molar-refractivity contribution in [1.29, 1.82) is 0 Å². The molecule has 1 atom stereocenters. The molecular weight excluding hydrogens is 438 g/mol. The fourth-order valence-electron chi connectivity index (χ4n) is 4.19. The summed E-state index contributed by atoms with van der Waals surface area (Å²) in [4.78, 5) is 55.8. The number of halogens is 2. The first-order chi connectivity index (χ1) is 15.5. The first-order valence-corrected chi connectivity index (χ1v) is 10.3. The van der Waals surface area contributed by atoms with Crippen LogP contribution < -0.4 is 5.32 Å². The standard InChI is InChI=1S/C22H22F2N4O5/c1-10(2)27-9-28-17-13(8-26(3)22(28)33)15(18(29)19(30)16(17)21(27)32)20(31)25-7-11-4-5-12(23)6-14(11)24/h4-6,10,19,30H,7-9H2,1-3H3,(H,25,31). The molecule has 4 amide bonds. The van der Waals surface area contributed by atoms with Crippen LogP contribution >= 0.6 is 0 Å². The van der Waals surface area contributed by atoms with Gasteiger partial charge in [0.25, 0.3) is 11.8 Å². The van der Waals surface area contributed by atoms with E-state index in [1.54, 1.807) is 13.8 Å². The van der Waals surface area contributed by atoms with E-state index in [0.717, 1.165) is 12.1 Å². The lowest BCUT2D eigenvalue weighted by atomic mass is 9.82. The van der Waals surface area contributed by atoms with Gasteiger partial charge < -0.3 is 20.2 Å². The van der Waals surface area contributed by atoms with Crippen LogP contribution in [-0.4, -0.2) is 75.8 Å². The highest BCUT2D eigenvalue weighted by Crippen LogP contribution is 2.39. The van der Waals surface area contributed by atoms with Crippen molar-refractivity contribution in [2.45, 2.75) is 32.5 Å². The minimum absolute atomic E-state index is 0.00273. The zero-order chi connectivity index (χ0) is 24.2. The van der Waals surface area contributed by atoms with Crippen LogP contribution in [0.5, 0.6) is 0 Å². The lowest BCUT2D eigenvalue weighted by molar-refractivity contribution is -0.137. The van der Waals surface area contributed by atoms with Gasteiger partial charge in [-0.05, 0) is 19.9 Å². The third-order valence-corrected chi connectivity index (χ3v) is 5.92. The van der Waals surface area contributed by atoms with Crippen LogP contribution in [0.1, 0.15) is 19.4 Å². The molecule has 0 bridgehead atoms. The number of aliphatic hydroxyl groups excluding tert-OH is 1. The second-order valence-corrected chi connectivity index (χ2v) is 8.38. The highest BCUT2D eigenvalue weighted by molar-refractivity contribution is 6.26. The van der Waals surface area contributed by atoms with E-state index in [1.165, 1.54) is 21.7 Å². The summed E-state index contributed by atoms with van der Waals surface area (Å²) in [5.74, 6) is -4.10.